The van der Waals surface area contributed by atoms with E-state index in [1.807, 2.05) is 29.2 Å². The standard InChI is InChI=1S/C28H28FN5O4/c1-15-7-10-22(21(29)11-15)34-25-23(27(37)33(28(34)38)18-8-9-18)24(16(2)26(36)31(25)3)30-17-5-4-6-19(12-17)32-13-20(35)14-32/h4-7,10-12,18,20,30,35H,8-9,13-14H2,1-3H3. The maximum atomic E-state index is 15.3. The summed E-state index contributed by atoms with van der Waals surface area (Å²) >= 11 is 0. The number of nitrogens with one attached hydrogen (secondary N) is 1. The molecular weight excluding hydrogens is 489 g/mol. The average molecular weight is 518 g/mol. The van der Waals surface area contributed by atoms with Crippen LogP contribution in [0.5, 0.6) is 0 Å². The first-order valence-electron chi connectivity index (χ1n) is 12.6. The molecule has 9 nitrogen and oxygen atoms in total. The van der Waals surface area contributed by atoms with Crippen molar-refractivity contribution < 1.29 is 9.50 Å². The molecule has 2 aromatic carbocycles. The second kappa shape index (κ2) is 8.70. The van der Waals surface area contributed by atoms with Gasteiger partial charge in [-0.25, -0.2) is 13.8 Å². The zero-order valence-electron chi connectivity index (χ0n) is 21.4. The van der Waals surface area contributed by atoms with E-state index in [4.69, 9.17) is 0 Å². The van der Waals surface area contributed by atoms with Crippen molar-refractivity contribution in [3.05, 3.63) is 90.6 Å². The number of aliphatic hydroxyl groups excluding tert-OH is 1. The number of nitrogens with zero attached hydrogens (tertiary/aromatic N) is 4. The highest BCUT2D eigenvalue weighted by atomic mass is 19.1. The minimum absolute atomic E-state index is 0.0249. The lowest BCUT2D eigenvalue weighted by Gasteiger charge is -2.38. The van der Waals surface area contributed by atoms with Crippen LogP contribution in [0.15, 0.2) is 56.8 Å². The molecule has 38 heavy (non-hydrogen) atoms. The van der Waals surface area contributed by atoms with Crippen LogP contribution in [0.1, 0.15) is 30.0 Å². The summed E-state index contributed by atoms with van der Waals surface area (Å²) in [5, 5.41) is 13.1. The lowest BCUT2D eigenvalue weighted by molar-refractivity contribution is 0.142. The van der Waals surface area contributed by atoms with Gasteiger partial charge in [0.1, 0.15) is 16.9 Å². The van der Waals surface area contributed by atoms with Gasteiger partial charge in [0, 0.05) is 43.1 Å². The fourth-order valence-electron chi connectivity index (χ4n) is 5.20. The van der Waals surface area contributed by atoms with E-state index in [1.165, 1.54) is 28.3 Å². The van der Waals surface area contributed by atoms with Crippen molar-refractivity contribution >= 4 is 28.1 Å². The normalized spacial score (nSPS) is 15.7. The number of hydrogen-bond donors (Lipinski definition) is 2. The molecule has 0 bridgehead atoms. The fourth-order valence-corrected chi connectivity index (χ4v) is 5.20. The van der Waals surface area contributed by atoms with Crippen LogP contribution in [-0.2, 0) is 7.05 Å². The van der Waals surface area contributed by atoms with Crippen molar-refractivity contribution in [3.63, 3.8) is 0 Å². The van der Waals surface area contributed by atoms with Gasteiger partial charge in [-0.3, -0.25) is 18.7 Å². The number of β-amino-alcohol motifs (C(OH)–C–C–N with tert-alkyl or cyclic N) is 1. The van der Waals surface area contributed by atoms with Crippen LogP contribution in [0, 0.1) is 19.7 Å². The van der Waals surface area contributed by atoms with E-state index in [-0.39, 0.29) is 34.6 Å². The number of pyridine rings is 1. The molecule has 2 aliphatic rings. The molecule has 6 rings (SSSR count). The summed E-state index contributed by atoms with van der Waals surface area (Å²) in [7, 11) is 1.49. The number of fused-ring (bicyclic) bond motifs is 1. The van der Waals surface area contributed by atoms with Gasteiger partial charge in [-0.2, -0.15) is 0 Å². The molecule has 3 heterocycles. The van der Waals surface area contributed by atoms with Gasteiger partial charge in [-0.05, 0) is 62.6 Å². The molecule has 1 saturated heterocycles. The molecule has 0 spiro atoms. The SMILES string of the molecule is Cc1ccc(-n2c(=O)n(C3CC3)c(=O)c3c(Nc4cccc(N5CC(O)C5)c4)c(C)c(=O)n(C)c32)c(F)c1. The van der Waals surface area contributed by atoms with E-state index < -0.39 is 22.6 Å². The molecule has 1 aliphatic carbocycles. The van der Waals surface area contributed by atoms with Gasteiger partial charge in [-0.1, -0.05) is 12.1 Å². The Morgan fingerprint density at radius 1 is 1.00 bits per heavy atom. The Morgan fingerprint density at radius 3 is 2.39 bits per heavy atom. The Balaban J connectivity index is 1.65. The number of anilines is 3. The third-order valence-electron chi connectivity index (χ3n) is 7.43. The zero-order valence-corrected chi connectivity index (χ0v) is 21.4. The van der Waals surface area contributed by atoms with Gasteiger partial charge in [0.15, 0.2) is 0 Å². The predicted molar refractivity (Wildman–Crippen MR) is 145 cm³/mol. The molecule has 2 N–H and O–H groups in total. The third kappa shape index (κ3) is 3.75. The Morgan fingerprint density at radius 2 is 1.74 bits per heavy atom. The summed E-state index contributed by atoms with van der Waals surface area (Å²) in [6.07, 6.45) is 0.984. The highest BCUT2D eigenvalue weighted by Gasteiger charge is 2.32. The first-order valence-corrected chi connectivity index (χ1v) is 12.6. The number of aryl methyl sites for hydroxylation is 2. The van der Waals surface area contributed by atoms with E-state index in [2.05, 4.69) is 5.32 Å². The number of aliphatic hydroxyl groups is 1. The number of halogens is 1. The summed E-state index contributed by atoms with van der Waals surface area (Å²) in [4.78, 5) is 43.1. The average Bonchev–Trinajstić information content (AvgIpc) is 3.69. The Labute approximate surface area is 217 Å². The van der Waals surface area contributed by atoms with Gasteiger partial charge in [0.05, 0.1) is 17.5 Å². The topological polar surface area (TPSA) is 102 Å². The maximum absolute atomic E-state index is 15.3. The first kappa shape index (κ1) is 24.2. The van der Waals surface area contributed by atoms with E-state index in [1.54, 1.807) is 19.9 Å². The smallest absolute Gasteiger partial charge is 0.337 e. The maximum Gasteiger partial charge on any atom is 0.337 e. The fraction of sp³-hybridized carbons (Fsp3) is 0.321. The number of aromatic nitrogens is 3. The van der Waals surface area contributed by atoms with E-state index in [0.29, 0.717) is 42.7 Å². The second-order valence-corrected chi connectivity index (χ2v) is 10.3. The summed E-state index contributed by atoms with van der Waals surface area (Å²) in [5.41, 5.74) is 1.20. The minimum Gasteiger partial charge on any atom is -0.389 e. The van der Waals surface area contributed by atoms with Crippen molar-refractivity contribution in [2.45, 2.75) is 38.8 Å². The second-order valence-electron chi connectivity index (χ2n) is 10.3. The summed E-state index contributed by atoms with van der Waals surface area (Å²) < 4.78 is 18.8. The molecule has 4 aromatic rings. The Bertz CT molecular complexity index is 1790. The van der Waals surface area contributed by atoms with Crippen molar-refractivity contribution in [2.24, 2.45) is 7.05 Å². The summed E-state index contributed by atoms with van der Waals surface area (Å²) in [6, 6.07) is 11.7. The molecule has 196 valence electrons. The van der Waals surface area contributed by atoms with Crippen molar-refractivity contribution in [1.82, 2.24) is 13.7 Å². The molecule has 2 fully saturated rings. The summed E-state index contributed by atoms with van der Waals surface area (Å²) in [6.45, 7) is 4.42. The molecule has 0 atom stereocenters. The van der Waals surface area contributed by atoms with Gasteiger partial charge in [0.2, 0.25) is 0 Å². The molecule has 0 amide bonds. The molecule has 1 saturated carbocycles. The predicted octanol–water partition coefficient (Wildman–Crippen LogP) is 2.87. The number of rotatable bonds is 5. The highest BCUT2D eigenvalue weighted by Crippen LogP contribution is 2.34. The van der Waals surface area contributed by atoms with Gasteiger partial charge >= 0.3 is 5.69 Å². The van der Waals surface area contributed by atoms with Crippen LogP contribution in [0.25, 0.3) is 16.7 Å². The third-order valence-corrected chi connectivity index (χ3v) is 7.43. The van der Waals surface area contributed by atoms with E-state index in [9.17, 15) is 19.5 Å². The van der Waals surface area contributed by atoms with Crippen LogP contribution >= 0.6 is 0 Å². The zero-order chi connectivity index (χ0) is 26.9. The van der Waals surface area contributed by atoms with Gasteiger partial charge in [0.25, 0.3) is 11.1 Å². The molecular formula is C28H28FN5O4. The quantitative estimate of drug-likeness (QED) is 0.422. The van der Waals surface area contributed by atoms with Crippen LogP contribution < -0.4 is 27.0 Å². The monoisotopic (exact) mass is 517 g/mol. The van der Waals surface area contributed by atoms with Crippen LogP contribution in [-0.4, -0.2) is 38.0 Å². The highest BCUT2D eigenvalue weighted by molar-refractivity contribution is 5.93. The molecule has 0 radical (unpaired) electrons. The largest absolute Gasteiger partial charge is 0.389 e. The molecule has 2 aromatic heterocycles. The molecule has 1 aliphatic heterocycles. The van der Waals surface area contributed by atoms with Crippen molar-refractivity contribution in [1.29, 1.82) is 0 Å². The minimum atomic E-state index is -0.670. The van der Waals surface area contributed by atoms with Crippen LogP contribution in [0.4, 0.5) is 21.5 Å². The van der Waals surface area contributed by atoms with Crippen molar-refractivity contribution in [3.8, 4) is 5.69 Å². The molecule has 0 unspecified atom stereocenters. The number of benzene rings is 2. The van der Waals surface area contributed by atoms with Crippen LogP contribution in [0.3, 0.4) is 0 Å². The Kier molecular flexibility index (Phi) is 5.53. The van der Waals surface area contributed by atoms with Gasteiger partial charge < -0.3 is 15.3 Å². The van der Waals surface area contributed by atoms with Crippen LogP contribution in [0.2, 0.25) is 0 Å². The Hall–Kier alpha value is -4.18. The van der Waals surface area contributed by atoms with E-state index in [0.717, 1.165) is 10.3 Å². The lowest BCUT2D eigenvalue weighted by Crippen LogP contribution is -2.50. The number of hydrogen-bond acceptors (Lipinski definition) is 6. The molecule has 10 heteroatoms. The van der Waals surface area contributed by atoms with Gasteiger partial charge in [-0.15, -0.1) is 0 Å². The lowest BCUT2D eigenvalue weighted by atomic mass is 10.1. The summed E-state index contributed by atoms with van der Waals surface area (Å²) in [5.74, 6) is -0.624. The van der Waals surface area contributed by atoms with E-state index >= 15 is 4.39 Å². The van der Waals surface area contributed by atoms with Crippen molar-refractivity contribution in [2.75, 3.05) is 23.3 Å². The first-order chi connectivity index (χ1) is 18.2.